The second-order valence-electron chi connectivity index (χ2n) is 7.37. The van der Waals surface area contributed by atoms with Crippen molar-refractivity contribution < 1.29 is 14.3 Å². The third kappa shape index (κ3) is 5.56. The summed E-state index contributed by atoms with van der Waals surface area (Å²) in [5, 5.41) is 3.06. The molecule has 0 spiro atoms. The van der Waals surface area contributed by atoms with Gasteiger partial charge in [0, 0.05) is 18.4 Å². The Kier molecular flexibility index (Phi) is 6.54. The van der Waals surface area contributed by atoms with Crippen LogP contribution >= 0.6 is 0 Å². The summed E-state index contributed by atoms with van der Waals surface area (Å²) in [4.78, 5) is 20.5. The van der Waals surface area contributed by atoms with Gasteiger partial charge in [-0.05, 0) is 55.0 Å². The average molecular weight is 403 g/mol. The van der Waals surface area contributed by atoms with Gasteiger partial charge < -0.3 is 14.8 Å². The van der Waals surface area contributed by atoms with E-state index in [-0.39, 0.29) is 24.7 Å². The fraction of sp³-hybridized carbons (Fsp3) is 0.292. The van der Waals surface area contributed by atoms with E-state index in [0.717, 1.165) is 36.8 Å². The average Bonchev–Trinajstić information content (AvgIpc) is 2.81. The van der Waals surface area contributed by atoms with E-state index in [2.05, 4.69) is 27.4 Å². The second kappa shape index (κ2) is 9.87. The smallest absolute Gasteiger partial charge is 0.316 e. The summed E-state index contributed by atoms with van der Waals surface area (Å²) in [6.07, 6.45) is 6.91. The predicted octanol–water partition coefficient (Wildman–Crippen LogP) is 4.03. The lowest BCUT2D eigenvalue weighted by atomic mass is 9.93. The first-order valence-electron chi connectivity index (χ1n) is 10.3. The molecular weight excluding hydrogens is 378 g/mol. The number of carbonyl (C=O) groups excluding carboxylic acids is 1. The molecule has 1 aliphatic carbocycles. The van der Waals surface area contributed by atoms with Crippen molar-refractivity contribution in [1.82, 2.24) is 15.3 Å². The van der Waals surface area contributed by atoms with Crippen LogP contribution in [0, 0.1) is 0 Å². The number of amides is 1. The zero-order valence-electron chi connectivity index (χ0n) is 16.7. The first-order valence-corrected chi connectivity index (χ1v) is 10.3. The highest BCUT2D eigenvalue weighted by atomic mass is 16.5. The van der Waals surface area contributed by atoms with Gasteiger partial charge in [0.15, 0.2) is 6.61 Å². The molecule has 1 saturated carbocycles. The summed E-state index contributed by atoms with van der Waals surface area (Å²) < 4.78 is 11.4. The van der Waals surface area contributed by atoms with E-state index in [4.69, 9.17) is 9.47 Å². The standard InChI is InChI=1S/C24H25N3O3/c28-23(17-29-21-11-7-19(8-12-21)18-5-2-1-3-6-18)27-20-9-13-22(14-10-20)30-24-25-15-4-16-26-24/h1-8,11-12,15-16,20,22H,9-10,13-14,17H2,(H,27,28). The van der Waals surface area contributed by atoms with Gasteiger partial charge in [-0.3, -0.25) is 4.79 Å². The minimum absolute atomic E-state index is 0.0129. The van der Waals surface area contributed by atoms with E-state index in [1.807, 2.05) is 42.5 Å². The van der Waals surface area contributed by atoms with Crippen LogP contribution < -0.4 is 14.8 Å². The van der Waals surface area contributed by atoms with E-state index in [1.54, 1.807) is 18.5 Å². The Hall–Kier alpha value is -3.41. The molecule has 1 fully saturated rings. The predicted molar refractivity (Wildman–Crippen MR) is 114 cm³/mol. The Morgan fingerprint density at radius 1 is 0.867 bits per heavy atom. The van der Waals surface area contributed by atoms with Crippen LogP contribution in [0.3, 0.4) is 0 Å². The second-order valence-corrected chi connectivity index (χ2v) is 7.37. The summed E-state index contributed by atoms with van der Waals surface area (Å²) in [5.41, 5.74) is 2.27. The minimum atomic E-state index is -0.0992. The van der Waals surface area contributed by atoms with E-state index < -0.39 is 0 Å². The van der Waals surface area contributed by atoms with Gasteiger partial charge in [-0.25, -0.2) is 9.97 Å². The first kappa shape index (κ1) is 19.9. The Labute approximate surface area is 176 Å². The van der Waals surface area contributed by atoms with Crippen molar-refractivity contribution in [1.29, 1.82) is 0 Å². The lowest BCUT2D eigenvalue weighted by Gasteiger charge is -2.28. The summed E-state index contributed by atoms with van der Waals surface area (Å²) in [5.74, 6) is 0.586. The number of nitrogens with zero attached hydrogens (tertiary/aromatic N) is 2. The largest absolute Gasteiger partial charge is 0.484 e. The van der Waals surface area contributed by atoms with Crippen molar-refractivity contribution in [2.24, 2.45) is 0 Å². The Balaban J connectivity index is 1.18. The van der Waals surface area contributed by atoms with Crippen molar-refractivity contribution in [3.8, 4) is 22.9 Å². The maximum Gasteiger partial charge on any atom is 0.316 e. The first-order chi connectivity index (χ1) is 14.8. The maximum atomic E-state index is 12.3. The van der Waals surface area contributed by atoms with Crippen molar-refractivity contribution in [3.63, 3.8) is 0 Å². The number of hydrogen-bond donors (Lipinski definition) is 1. The van der Waals surface area contributed by atoms with Gasteiger partial charge in [0.25, 0.3) is 5.91 Å². The number of rotatable bonds is 7. The zero-order valence-corrected chi connectivity index (χ0v) is 16.7. The maximum absolute atomic E-state index is 12.3. The molecule has 0 aliphatic heterocycles. The van der Waals surface area contributed by atoms with Crippen LogP contribution in [0.15, 0.2) is 73.1 Å². The van der Waals surface area contributed by atoms with Gasteiger partial charge >= 0.3 is 6.01 Å². The molecule has 0 bridgehead atoms. The highest BCUT2D eigenvalue weighted by Crippen LogP contribution is 2.23. The molecule has 30 heavy (non-hydrogen) atoms. The molecule has 2 aromatic carbocycles. The molecule has 1 aliphatic rings. The number of carbonyl (C=O) groups is 1. The molecule has 0 atom stereocenters. The molecule has 0 unspecified atom stereocenters. The lowest BCUT2D eigenvalue weighted by Crippen LogP contribution is -2.41. The van der Waals surface area contributed by atoms with Crippen LogP contribution in [0.4, 0.5) is 0 Å². The molecule has 154 valence electrons. The molecule has 0 saturated heterocycles. The number of benzene rings is 2. The molecule has 1 amide bonds. The Morgan fingerprint density at radius 3 is 2.23 bits per heavy atom. The third-order valence-electron chi connectivity index (χ3n) is 5.18. The summed E-state index contributed by atoms with van der Waals surface area (Å²) in [6, 6.07) is 20.3. The number of hydrogen-bond acceptors (Lipinski definition) is 5. The van der Waals surface area contributed by atoms with E-state index in [9.17, 15) is 4.79 Å². The van der Waals surface area contributed by atoms with Crippen LogP contribution in [0.2, 0.25) is 0 Å². The zero-order chi connectivity index (χ0) is 20.6. The molecule has 6 heteroatoms. The molecule has 4 rings (SSSR count). The van der Waals surface area contributed by atoms with Crippen LogP contribution in [0.5, 0.6) is 11.8 Å². The van der Waals surface area contributed by atoms with Gasteiger partial charge in [0.1, 0.15) is 11.9 Å². The van der Waals surface area contributed by atoms with Gasteiger partial charge in [-0.1, -0.05) is 42.5 Å². The SMILES string of the molecule is O=C(COc1ccc(-c2ccccc2)cc1)NC1CCC(Oc2ncccn2)CC1. The van der Waals surface area contributed by atoms with Crippen molar-refractivity contribution in [2.45, 2.75) is 37.8 Å². The normalized spacial score (nSPS) is 18.4. The van der Waals surface area contributed by atoms with Gasteiger partial charge in [-0.2, -0.15) is 0 Å². The summed E-state index contributed by atoms with van der Waals surface area (Å²) >= 11 is 0. The number of aromatic nitrogens is 2. The highest BCUT2D eigenvalue weighted by Gasteiger charge is 2.24. The van der Waals surface area contributed by atoms with E-state index in [1.165, 1.54) is 0 Å². The van der Waals surface area contributed by atoms with E-state index >= 15 is 0 Å². The van der Waals surface area contributed by atoms with Gasteiger partial charge in [0.05, 0.1) is 0 Å². The third-order valence-corrected chi connectivity index (χ3v) is 5.18. The lowest BCUT2D eigenvalue weighted by molar-refractivity contribution is -0.124. The molecule has 6 nitrogen and oxygen atoms in total. The molecule has 0 radical (unpaired) electrons. The molecular formula is C24H25N3O3. The molecule has 1 N–H and O–H groups in total. The van der Waals surface area contributed by atoms with Crippen LogP contribution in [0.25, 0.3) is 11.1 Å². The van der Waals surface area contributed by atoms with Gasteiger partial charge in [-0.15, -0.1) is 0 Å². The Bertz CT molecular complexity index is 925. The van der Waals surface area contributed by atoms with E-state index in [0.29, 0.717) is 11.8 Å². The fourth-order valence-electron chi connectivity index (χ4n) is 3.61. The highest BCUT2D eigenvalue weighted by molar-refractivity contribution is 5.77. The van der Waals surface area contributed by atoms with Gasteiger partial charge in [0.2, 0.25) is 0 Å². The topological polar surface area (TPSA) is 73.3 Å². The fourth-order valence-corrected chi connectivity index (χ4v) is 3.61. The van der Waals surface area contributed by atoms with Crippen molar-refractivity contribution in [3.05, 3.63) is 73.1 Å². The minimum Gasteiger partial charge on any atom is -0.484 e. The summed E-state index contributed by atoms with van der Waals surface area (Å²) in [6.45, 7) is 0.0129. The number of ether oxygens (including phenoxy) is 2. The van der Waals surface area contributed by atoms with Crippen molar-refractivity contribution >= 4 is 5.91 Å². The molecule has 1 heterocycles. The monoisotopic (exact) mass is 403 g/mol. The molecule has 1 aromatic heterocycles. The van der Waals surface area contributed by atoms with Crippen LogP contribution in [-0.4, -0.2) is 34.6 Å². The van der Waals surface area contributed by atoms with Crippen LogP contribution in [-0.2, 0) is 4.79 Å². The van der Waals surface area contributed by atoms with Crippen molar-refractivity contribution in [2.75, 3.05) is 6.61 Å². The summed E-state index contributed by atoms with van der Waals surface area (Å²) in [7, 11) is 0. The quantitative estimate of drug-likeness (QED) is 0.645. The van der Waals surface area contributed by atoms with Crippen LogP contribution in [0.1, 0.15) is 25.7 Å². The molecule has 3 aromatic rings. The Morgan fingerprint density at radius 2 is 1.53 bits per heavy atom. The number of nitrogens with one attached hydrogen (secondary N) is 1.